The number of carbonyl (C=O) groups is 1. The van der Waals surface area contributed by atoms with Gasteiger partial charge in [0.15, 0.2) is 5.96 Å². The molecule has 2 heterocycles. The zero-order valence-corrected chi connectivity index (χ0v) is 18.5. The van der Waals surface area contributed by atoms with E-state index in [0.29, 0.717) is 19.0 Å². The van der Waals surface area contributed by atoms with E-state index in [1.807, 2.05) is 24.3 Å². The number of halogens is 1. The Kier molecular flexibility index (Phi) is 6.58. The number of anilines is 1. The second kappa shape index (κ2) is 9.54. The molecule has 0 bridgehead atoms. The van der Waals surface area contributed by atoms with Crippen LogP contribution in [0.25, 0.3) is 0 Å². The Morgan fingerprint density at radius 3 is 2.62 bits per heavy atom. The van der Waals surface area contributed by atoms with Gasteiger partial charge in [-0.25, -0.2) is 9.37 Å². The molecule has 1 aliphatic heterocycles. The van der Waals surface area contributed by atoms with Crippen LogP contribution < -0.4 is 21.3 Å². The summed E-state index contributed by atoms with van der Waals surface area (Å²) < 4.78 is 14.3. The molecule has 1 aliphatic carbocycles. The highest BCUT2D eigenvalue weighted by Crippen LogP contribution is 2.48. The summed E-state index contributed by atoms with van der Waals surface area (Å²) in [5, 5.41) is 6.74. The van der Waals surface area contributed by atoms with Crippen LogP contribution >= 0.6 is 0 Å². The van der Waals surface area contributed by atoms with Gasteiger partial charge in [-0.15, -0.1) is 0 Å². The molecule has 0 radical (unpaired) electrons. The van der Waals surface area contributed by atoms with E-state index in [4.69, 9.17) is 5.73 Å². The predicted octanol–water partition coefficient (Wildman–Crippen LogP) is 2.32. The number of hydrogen-bond acceptors (Lipinski definition) is 4. The minimum Gasteiger partial charge on any atom is -0.369 e. The van der Waals surface area contributed by atoms with Crippen molar-refractivity contribution in [2.45, 2.75) is 37.6 Å². The molecule has 2 aromatic rings. The zero-order chi connectivity index (χ0) is 22.6. The Bertz CT molecular complexity index is 982. The highest BCUT2D eigenvalue weighted by molar-refractivity contribution is 5.80. The van der Waals surface area contributed by atoms with Crippen molar-refractivity contribution in [1.29, 1.82) is 0 Å². The number of nitrogens with zero attached hydrogens (tertiary/aromatic N) is 3. The maximum Gasteiger partial charge on any atom is 0.220 e. The minimum atomic E-state index is -0.216. The normalized spacial score (nSPS) is 18.3. The highest BCUT2D eigenvalue weighted by Gasteiger charge is 2.45. The first-order chi connectivity index (χ1) is 15.5. The lowest BCUT2D eigenvalue weighted by Crippen LogP contribution is -2.42. The molecule has 7 nitrogen and oxygen atoms in total. The molecule has 1 saturated carbocycles. The number of benzene rings is 1. The van der Waals surface area contributed by atoms with Crippen LogP contribution in [0.15, 0.2) is 47.6 Å². The van der Waals surface area contributed by atoms with Gasteiger partial charge in [0.05, 0.1) is 0 Å². The molecule has 2 aliphatic rings. The molecule has 0 unspecified atom stereocenters. The second-order valence-electron chi connectivity index (χ2n) is 8.69. The van der Waals surface area contributed by atoms with Gasteiger partial charge in [0.25, 0.3) is 0 Å². The van der Waals surface area contributed by atoms with Crippen LogP contribution in [0.4, 0.5) is 10.2 Å². The van der Waals surface area contributed by atoms with Crippen LogP contribution in [0.5, 0.6) is 0 Å². The topological polar surface area (TPSA) is 95.6 Å². The van der Waals surface area contributed by atoms with Crippen molar-refractivity contribution in [1.82, 2.24) is 15.6 Å². The number of rotatable bonds is 7. The maximum absolute atomic E-state index is 14.3. The summed E-state index contributed by atoms with van der Waals surface area (Å²) in [6.45, 7) is 2.71. The number of aromatic nitrogens is 1. The summed E-state index contributed by atoms with van der Waals surface area (Å²) in [4.78, 5) is 22.6. The van der Waals surface area contributed by atoms with Gasteiger partial charge in [0.2, 0.25) is 5.91 Å². The summed E-state index contributed by atoms with van der Waals surface area (Å²) in [5.74, 6) is 1.18. The van der Waals surface area contributed by atoms with Crippen molar-refractivity contribution in [2.75, 3.05) is 31.6 Å². The lowest BCUT2D eigenvalue weighted by atomic mass is 9.95. The number of nitrogens with two attached hydrogens (primary N) is 1. The summed E-state index contributed by atoms with van der Waals surface area (Å²) >= 11 is 0. The fourth-order valence-corrected chi connectivity index (χ4v) is 4.46. The fourth-order valence-electron chi connectivity index (χ4n) is 4.46. The molecule has 32 heavy (non-hydrogen) atoms. The summed E-state index contributed by atoms with van der Waals surface area (Å²) in [6.07, 6.45) is 5.22. The Balaban J connectivity index is 1.35. The predicted molar refractivity (Wildman–Crippen MR) is 124 cm³/mol. The zero-order valence-electron chi connectivity index (χ0n) is 18.5. The van der Waals surface area contributed by atoms with Gasteiger partial charge in [0.1, 0.15) is 11.6 Å². The summed E-state index contributed by atoms with van der Waals surface area (Å²) in [6, 6.07) is 11.0. The molecule has 1 saturated heterocycles. The van der Waals surface area contributed by atoms with Crippen molar-refractivity contribution in [2.24, 2.45) is 16.6 Å². The molecule has 1 aromatic carbocycles. The van der Waals surface area contributed by atoms with E-state index in [1.54, 1.807) is 19.3 Å². The first-order valence-electron chi connectivity index (χ1n) is 11.2. The SMILES string of the molecule is CN=C(NCc1cccnc1N1CCC(C(N)=O)CC1)NCC1(c2ccccc2F)CC1. The van der Waals surface area contributed by atoms with Gasteiger partial charge in [-0.3, -0.25) is 9.79 Å². The van der Waals surface area contributed by atoms with Gasteiger partial charge in [-0.1, -0.05) is 24.3 Å². The Labute approximate surface area is 188 Å². The van der Waals surface area contributed by atoms with E-state index < -0.39 is 0 Å². The third-order valence-corrected chi connectivity index (χ3v) is 6.63. The number of guanidine groups is 1. The molecule has 0 atom stereocenters. The van der Waals surface area contributed by atoms with Crippen molar-refractivity contribution >= 4 is 17.7 Å². The lowest BCUT2D eigenvalue weighted by molar-refractivity contribution is -0.122. The van der Waals surface area contributed by atoms with E-state index in [2.05, 4.69) is 25.5 Å². The number of amides is 1. The van der Waals surface area contributed by atoms with Gasteiger partial charge in [-0.2, -0.15) is 0 Å². The van der Waals surface area contributed by atoms with E-state index in [9.17, 15) is 9.18 Å². The van der Waals surface area contributed by atoms with Crippen LogP contribution in [-0.2, 0) is 16.8 Å². The van der Waals surface area contributed by atoms with Crippen LogP contribution in [0, 0.1) is 11.7 Å². The van der Waals surface area contributed by atoms with E-state index in [0.717, 1.165) is 55.7 Å². The quantitative estimate of drug-likeness (QED) is 0.456. The maximum atomic E-state index is 14.3. The number of carbonyl (C=O) groups excluding carboxylic acids is 1. The monoisotopic (exact) mass is 438 g/mol. The molecule has 1 amide bonds. The molecule has 8 heteroatoms. The Morgan fingerprint density at radius 1 is 1.22 bits per heavy atom. The van der Waals surface area contributed by atoms with Gasteiger partial charge < -0.3 is 21.3 Å². The number of aliphatic imine (C=N–C) groups is 1. The third-order valence-electron chi connectivity index (χ3n) is 6.63. The van der Waals surface area contributed by atoms with Gasteiger partial charge in [0, 0.05) is 56.3 Å². The summed E-state index contributed by atoms with van der Waals surface area (Å²) in [5.41, 5.74) is 7.14. The first-order valence-corrected chi connectivity index (χ1v) is 11.2. The average molecular weight is 439 g/mol. The highest BCUT2D eigenvalue weighted by atomic mass is 19.1. The van der Waals surface area contributed by atoms with Crippen molar-refractivity contribution in [3.63, 3.8) is 0 Å². The number of primary amides is 1. The molecule has 0 spiro atoms. The molecule has 1 aromatic heterocycles. The van der Waals surface area contributed by atoms with Crippen molar-refractivity contribution in [3.8, 4) is 0 Å². The fraction of sp³-hybridized carbons (Fsp3) is 0.458. The Morgan fingerprint density at radius 2 is 1.97 bits per heavy atom. The lowest BCUT2D eigenvalue weighted by Gasteiger charge is -2.32. The molecule has 170 valence electrons. The van der Waals surface area contributed by atoms with E-state index in [1.165, 1.54) is 6.07 Å². The number of piperidine rings is 1. The number of nitrogens with one attached hydrogen (secondary N) is 2. The largest absolute Gasteiger partial charge is 0.369 e. The van der Waals surface area contributed by atoms with Crippen LogP contribution in [0.3, 0.4) is 0 Å². The Hall–Kier alpha value is -3.16. The second-order valence-corrected chi connectivity index (χ2v) is 8.69. The molecule has 2 fully saturated rings. The van der Waals surface area contributed by atoms with E-state index >= 15 is 0 Å². The molecule has 4 N–H and O–H groups in total. The van der Waals surface area contributed by atoms with Gasteiger partial charge in [-0.05, 0) is 43.4 Å². The van der Waals surface area contributed by atoms with Gasteiger partial charge >= 0.3 is 0 Å². The minimum absolute atomic E-state index is 0.0521. The molecular weight excluding hydrogens is 407 g/mol. The van der Waals surface area contributed by atoms with E-state index in [-0.39, 0.29) is 23.1 Å². The van der Waals surface area contributed by atoms with Crippen molar-refractivity contribution < 1.29 is 9.18 Å². The molecular formula is C24H31FN6O. The third kappa shape index (κ3) is 4.84. The van der Waals surface area contributed by atoms with Crippen LogP contribution in [-0.4, -0.2) is 43.5 Å². The number of hydrogen-bond donors (Lipinski definition) is 3. The molecule has 4 rings (SSSR count). The average Bonchev–Trinajstić information content (AvgIpc) is 3.60. The smallest absolute Gasteiger partial charge is 0.220 e. The van der Waals surface area contributed by atoms with Crippen molar-refractivity contribution in [3.05, 3.63) is 59.5 Å². The van der Waals surface area contributed by atoms with Crippen LogP contribution in [0.1, 0.15) is 36.8 Å². The summed E-state index contributed by atoms with van der Waals surface area (Å²) in [7, 11) is 1.73. The van der Waals surface area contributed by atoms with Crippen LogP contribution in [0.2, 0.25) is 0 Å². The first kappa shape index (κ1) is 22.0. The standard InChI is InChI=1S/C24H31FN6O/c1-27-23(30-16-24(10-11-24)19-6-2-3-7-20(19)25)29-15-18-5-4-12-28-22(18)31-13-8-17(9-14-31)21(26)32/h2-7,12,17H,8-11,13-16H2,1H3,(H2,26,32)(H2,27,29,30). The number of pyridine rings is 1.